The molecule has 0 N–H and O–H groups in total. The molecule has 90 valence electrons. The van der Waals surface area contributed by atoms with Crippen molar-refractivity contribution in [1.29, 1.82) is 0 Å². The van der Waals surface area contributed by atoms with Crippen molar-refractivity contribution >= 4 is 33.5 Å². The number of para-hydroxylation sites is 2. The van der Waals surface area contributed by atoms with E-state index in [0.29, 0.717) is 5.56 Å². The Kier molecular flexibility index (Phi) is 3.84. The molecule has 0 spiro atoms. The maximum Gasteiger partial charge on any atom is 0.278 e. The van der Waals surface area contributed by atoms with Crippen LogP contribution in [0.15, 0.2) is 58.0 Å². The fourth-order valence-corrected chi connectivity index (χ4v) is 1.85. The molecule has 4 nitrogen and oxygen atoms in total. The third-order valence-corrected chi connectivity index (χ3v) is 3.00. The van der Waals surface area contributed by atoms with Gasteiger partial charge < -0.3 is 0 Å². The van der Waals surface area contributed by atoms with Gasteiger partial charge in [-0.05, 0) is 34.1 Å². The van der Waals surface area contributed by atoms with Crippen LogP contribution in [-0.4, -0.2) is 11.1 Å². The summed E-state index contributed by atoms with van der Waals surface area (Å²) < 4.78 is 0.847. The molecule has 0 fully saturated rings. The van der Waals surface area contributed by atoms with E-state index in [9.17, 15) is 10.1 Å². The van der Waals surface area contributed by atoms with Gasteiger partial charge in [0.2, 0.25) is 0 Å². The van der Waals surface area contributed by atoms with Crippen LogP contribution < -0.4 is 0 Å². The topological polar surface area (TPSA) is 55.5 Å². The molecule has 0 atom stereocenters. The van der Waals surface area contributed by atoms with Crippen molar-refractivity contribution in [3.63, 3.8) is 0 Å². The van der Waals surface area contributed by atoms with Crippen molar-refractivity contribution in [1.82, 2.24) is 0 Å². The molecule has 2 aromatic rings. The number of benzene rings is 2. The van der Waals surface area contributed by atoms with Crippen molar-refractivity contribution in [3.05, 3.63) is 68.7 Å². The summed E-state index contributed by atoms with van der Waals surface area (Å²) in [6.07, 6.45) is 1.50. The molecule has 0 radical (unpaired) electrons. The predicted octanol–water partition coefficient (Wildman–Crippen LogP) is 4.11. The Balaban J connectivity index is 2.35. The van der Waals surface area contributed by atoms with Gasteiger partial charge in [0.25, 0.3) is 5.69 Å². The van der Waals surface area contributed by atoms with Crippen LogP contribution in [0.4, 0.5) is 11.4 Å². The van der Waals surface area contributed by atoms with Crippen molar-refractivity contribution < 1.29 is 4.92 Å². The molecule has 5 heteroatoms. The maximum absolute atomic E-state index is 10.8. The average molecular weight is 305 g/mol. The Morgan fingerprint density at radius 2 is 1.78 bits per heavy atom. The second kappa shape index (κ2) is 5.55. The zero-order valence-electron chi connectivity index (χ0n) is 9.29. The second-order valence-corrected chi connectivity index (χ2v) is 4.38. The Bertz CT molecular complexity index is 611. The van der Waals surface area contributed by atoms with E-state index in [1.807, 2.05) is 24.3 Å². The first kappa shape index (κ1) is 12.4. The quantitative estimate of drug-likeness (QED) is 0.487. The number of nitro groups is 1. The van der Waals surface area contributed by atoms with Crippen LogP contribution in [0.5, 0.6) is 0 Å². The molecule has 0 saturated carbocycles. The first-order valence-corrected chi connectivity index (χ1v) is 6.00. The number of hydrogen-bond acceptors (Lipinski definition) is 3. The lowest BCUT2D eigenvalue weighted by Gasteiger charge is -1.98. The minimum Gasteiger partial charge on any atom is -0.258 e. The molecule has 2 aromatic carbocycles. The summed E-state index contributed by atoms with van der Waals surface area (Å²) in [5, 5.41) is 10.8. The SMILES string of the molecule is O=[N+]([O-])c1ccccc1C=Nc1ccccc1Br. The summed E-state index contributed by atoms with van der Waals surface area (Å²) in [6.45, 7) is 0. The van der Waals surface area contributed by atoms with Gasteiger partial charge in [-0.3, -0.25) is 15.1 Å². The zero-order chi connectivity index (χ0) is 13.0. The molecule has 0 saturated heterocycles. The molecule has 0 aliphatic carbocycles. The van der Waals surface area contributed by atoms with Crippen molar-refractivity contribution in [2.45, 2.75) is 0 Å². The normalized spacial score (nSPS) is 10.7. The first-order chi connectivity index (χ1) is 8.68. The fraction of sp³-hybridized carbons (Fsp3) is 0. The lowest BCUT2D eigenvalue weighted by molar-refractivity contribution is -0.385. The van der Waals surface area contributed by atoms with Crippen molar-refractivity contribution in [2.75, 3.05) is 0 Å². The van der Waals surface area contributed by atoms with Crippen LogP contribution in [0.25, 0.3) is 0 Å². The molecule has 2 rings (SSSR count). The Morgan fingerprint density at radius 3 is 2.50 bits per heavy atom. The molecular weight excluding hydrogens is 296 g/mol. The lowest BCUT2D eigenvalue weighted by Crippen LogP contribution is -1.93. The maximum atomic E-state index is 10.8. The van der Waals surface area contributed by atoms with E-state index in [2.05, 4.69) is 20.9 Å². The molecule has 0 aliphatic rings. The molecule has 0 bridgehead atoms. The standard InChI is InChI=1S/C13H9BrN2O2/c14-11-6-2-3-7-12(11)15-9-10-5-1-4-8-13(10)16(17)18/h1-9H. The Morgan fingerprint density at radius 1 is 1.11 bits per heavy atom. The van der Waals surface area contributed by atoms with Crippen LogP contribution in [-0.2, 0) is 0 Å². The van der Waals surface area contributed by atoms with Gasteiger partial charge in [0, 0.05) is 16.8 Å². The second-order valence-electron chi connectivity index (χ2n) is 3.53. The monoisotopic (exact) mass is 304 g/mol. The third-order valence-electron chi connectivity index (χ3n) is 2.33. The van der Waals surface area contributed by atoms with E-state index in [-0.39, 0.29) is 5.69 Å². The van der Waals surface area contributed by atoms with Gasteiger partial charge in [0.15, 0.2) is 0 Å². The Hall–Kier alpha value is -2.01. The minimum absolute atomic E-state index is 0.0494. The minimum atomic E-state index is -0.415. The van der Waals surface area contributed by atoms with Crippen LogP contribution in [0, 0.1) is 10.1 Å². The number of rotatable bonds is 3. The summed E-state index contributed by atoms with van der Waals surface area (Å²) in [5.41, 5.74) is 1.27. The van der Waals surface area contributed by atoms with Crippen LogP contribution in [0.3, 0.4) is 0 Å². The molecule has 0 aliphatic heterocycles. The van der Waals surface area contributed by atoms with E-state index >= 15 is 0 Å². The summed E-state index contributed by atoms with van der Waals surface area (Å²) >= 11 is 3.37. The van der Waals surface area contributed by atoms with Gasteiger partial charge >= 0.3 is 0 Å². The lowest BCUT2D eigenvalue weighted by atomic mass is 10.2. The van der Waals surface area contributed by atoms with Crippen molar-refractivity contribution in [2.24, 2.45) is 4.99 Å². The van der Waals surface area contributed by atoms with E-state index in [1.54, 1.807) is 18.2 Å². The highest BCUT2D eigenvalue weighted by Gasteiger charge is 2.09. The first-order valence-electron chi connectivity index (χ1n) is 5.20. The summed E-state index contributed by atoms with van der Waals surface area (Å²) in [6, 6.07) is 13.9. The summed E-state index contributed by atoms with van der Waals surface area (Å²) in [4.78, 5) is 14.7. The highest BCUT2D eigenvalue weighted by Crippen LogP contribution is 2.25. The van der Waals surface area contributed by atoms with Gasteiger partial charge in [-0.2, -0.15) is 0 Å². The van der Waals surface area contributed by atoms with E-state index < -0.39 is 4.92 Å². The summed E-state index contributed by atoms with van der Waals surface area (Å²) in [5.74, 6) is 0. The zero-order valence-corrected chi connectivity index (χ0v) is 10.9. The van der Waals surface area contributed by atoms with Gasteiger partial charge in [0.05, 0.1) is 16.2 Å². The van der Waals surface area contributed by atoms with Crippen LogP contribution in [0.1, 0.15) is 5.56 Å². The van der Waals surface area contributed by atoms with E-state index in [1.165, 1.54) is 12.3 Å². The molecule has 0 aromatic heterocycles. The van der Waals surface area contributed by atoms with Gasteiger partial charge in [-0.1, -0.05) is 24.3 Å². The predicted molar refractivity (Wildman–Crippen MR) is 74.5 cm³/mol. The number of hydrogen-bond donors (Lipinski definition) is 0. The third kappa shape index (κ3) is 2.81. The van der Waals surface area contributed by atoms with E-state index in [0.717, 1.165) is 10.2 Å². The average Bonchev–Trinajstić information content (AvgIpc) is 2.38. The molecule has 0 heterocycles. The van der Waals surface area contributed by atoms with Gasteiger partial charge in [0.1, 0.15) is 0 Å². The van der Waals surface area contributed by atoms with Crippen LogP contribution >= 0.6 is 15.9 Å². The highest BCUT2D eigenvalue weighted by atomic mass is 79.9. The van der Waals surface area contributed by atoms with E-state index in [4.69, 9.17) is 0 Å². The van der Waals surface area contributed by atoms with Crippen LogP contribution in [0.2, 0.25) is 0 Å². The number of aliphatic imine (C=N–C) groups is 1. The van der Waals surface area contributed by atoms with Crippen molar-refractivity contribution in [3.8, 4) is 0 Å². The molecule has 18 heavy (non-hydrogen) atoms. The highest BCUT2D eigenvalue weighted by molar-refractivity contribution is 9.10. The molecular formula is C13H9BrN2O2. The number of halogens is 1. The Labute approximate surface area is 112 Å². The summed E-state index contributed by atoms with van der Waals surface area (Å²) in [7, 11) is 0. The smallest absolute Gasteiger partial charge is 0.258 e. The number of nitro benzene ring substituents is 1. The largest absolute Gasteiger partial charge is 0.278 e. The molecule has 0 amide bonds. The fourth-order valence-electron chi connectivity index (χ4n) is 1.46. The van der Waals surface area contributed by atoms with Gasteiger partial charge in [-0.15, -0.1) is 0 Å². The number of nitrogens with zero attached hydrogens (tertiary/aromatic N) is 2. The van der Waals surface area contributed by atoms with Gasteiger partial charge in [-0.25, -0.2) is 0 Å². The molecule has 0 unspecified atom stereocenters.